The molecule has 0 aliphatic heterocycles. The molecule has 1 N–H and O–H groups in total. The molecular formula is C12H16BrN3O3. The van der Waals surface area contributed by atoms with Gasteiger partial charge in [-0.2, -0.15) is 0 Å². The lowest BCUT2D eigenvalue weighted by molar-refractivity contribution is -0.389. The highest BCUT2D eigenvalue weighted by atomic mass is 79.9. The fraction of sp³-hybridized carbons (Fsp3) is 0.583. The largest absolute Gasteiger partial charge is 0.358 e. The fourth-order valence-electron chi connectivity index (χ4n) is 2.46. The average molecular weight is 330 g/mol. The van der Waals surface area contributed by atoms with Gasteiger partial charge in [0, 0.05) is 24.0 Å². The van der Waals surface area contributed by atoms with Gasteiger partial charge in [0.05, 0.1) is 0 Å². The normalized spacial score (nSPS) is 23.1. The number of alkyl halides is 1. The van der Waals surface area contributed by atoms with E-state index in [0.29, 0.717) is 4.83 Å². The molecule has 0 spiro atoms. The minimum atomic E-state index is -0.537. The van der Waals surface area contributed by atoms with Crippen LogP contribution in [0, 0.1) is 10.1 Å². The van der Waals surface area contributed by atoms with E-state index in [2.05, 4.69) is 20.9 Å². The first-order valence-electron chi connectivity index (χ1n) is 6.25. The van der Waals surface area contributed by atoms with Crippen molar-refractivity contribution in [2.24, 2.45) is 0 Å². The molecule has 1 fully saturated rings. The highest BCUT2D eigenvalue weighted by molar-refractivity contribution is 9.09. The van der Waals surface area contributed by atoms with Gasteiger partial charge in [0.15, 0.2) is 5.69 Å². The molecule has 1 heterocycles. The maximum atomic E-state index is 12.3. The maximum Gasteiger partial charge on any atom is 0.321 e. The summed E-state index contributed by atoms with van der Waals surface area (Å²) in [7, 11) is 1.75. The van der Waals surface area contributed by atoms with Crippen molar-refractivity contribution in [3.63, 3.8) is 0 Å². The number of rotatable bonds is 3. The Kier molecular flexibility index (Phi) is 4.24. The van der Waals surface area contributed by atoms with Crippen molar-refractivity contribution in [1.82, 2.24) is 9.88 Å². The first-order chi connectivity index (χ1) is 9.00. The zero-order valence-corrected chi connectivity index (χ0v) is 12.2. The Morgan fingerprint density at radius 3 is 2.74 bits per heavy atom. The van der Waals surface area contributed by atoms with Crippen LogP contribution in [-0.4, -0.2) is 38.6 Å². The highest BCUT2D eigenvalue weighted by Gasteiger charge is 2.31. The molecule has 1 aliphatic carbocycles. The third-order valence-corrected chi connectivity index (χ3v) is 4.63. The van der Waals surface area contributed by atoms with Crippen molar-refractivity contribution in [2.75, 3.05) is 7.05 Å². The molecule has 1 aliphatic rings. The molecule has 1 saturated carbocycles. The number of aromatic amines is 1. The Labute approximate surface area is 119 Å². The second-order valence-corrected chi connectivity index (χ2v) is 5.97. The molecule has 1 aromatic heterocycles. The van der Waals surface area contributed by atoms with E-state index >= 15 is 0 Å². The average Bonchev–Trinajstić information content (AvgIpc) is 2.87. The summed E-state index contributed by atoms with van der Waals surface area (Å²) in [4.78, 5) is 26.9. The first-order valence-corrected chi connectivity index (χ1v) is 7.17. The van der Waals surface area contributed by atoms with Crippen LogP contribution < -0.4 is 0 Å². The Hall–Kier alpha value is -1.37. The molecule has 2 unspecified atom stereocenters. The lowest BCUT2D eigenvalue weighted by Crippen LogP contribution is -2.44. The van der Waals surface area contributed by atoms with Crippen molar-refractivity contribution >= 4 is 27.7 Å². The zero-order chi connectivity index (χ0) is 14.0. The van der Waals surface area contributed by atoms with Crippen LogP contribution in [0.2, 0.25) is 0 Å². The summed E-state index contributed by atoms with van der Waals surface area (Å²) in [6.07, 6.45) is 4.28. The summed E-state index contributed by atoms with van der Waals surface area (Å²) in [5.41, 5.74) is 0.263. The van der Waals surface area contributed by atoms with Crippen LogP contribution in [0.15, 0.2) is 12.1 Å². The number of amides is 1. The number of carbonyl (C=O) groups excluding carboxylic acids is 1. The molecule has 0 saturated heterocycles. The van der Waals surface area contributed by atoms with Gasteiger partial charge in [-0.15, -0.1) is 0 Å². The molecule has 0 aromatic carbocycles. The maximum absolute atomic E-state index is 12.3. The summed E-state index contributed by atoms with van der Waals surface area (Å²) in [5.74, 6) is -0.361. The van der Waals surface area contributed by atoms with Gasteiger partial charge in [0.1, 0.15) is 0 Å². The molecule has 2 atom stereocenters. The van der Waals surface area contributed by atoms with Crippen LogP contribution in [0.25, 0.3) is 0 Å². The second-order valence-electron chi connectivity index (χ2n) is 4.80. The Balaban J connectivity index is 2.11. The SMILES string of the molecule is CN(C(=O)c1ccc([N+](=O)[O-])[nH]1)C1CCCCC1Br. The standard InChI is InChI=1S/C12H16BrN3O3/c1-15(10-5-3-2-4-8(10)13)12(17)9-6-7-11(14-9)16(18)19/h6-8,10,14H,2-5H2,1H3. The number of hydrogen-bond donors (Lipinski definition) is 1. The van der Waals surface area contributed by atoms with E-state index in [4.69, 9.17) is 0 Å². The lowest BCUT2D eigenvalue weighted by Gasteiger charge is -2.34. The van der Waals surface area contributed by atoms with Gasteiger partial charge >= 0.3 is 5.82 Å². The molecule has 1 amide bonds. The topological polar surface area (TPSA) is 79.2 Å². The second kappa shape index (κ2) is 5.73. The van der Waals surface area contributed by atoms with E-state index in [1.807, 2.05) is 0 Å². The molecule has 2 rings (SSSR count). The zero-order valence-electron chi connectivity index (χ0n) is 10.6. The monoisotopic (exact) mass is 329 g/mol. The van der Waals surface area contributed by atoms with Crippen molar-refractivity contribution in [1.29, 1.82) is 0 Å². The smallest absolute Gasteiger partial charge is 0.321 e. The predicted octanol–water partition coefficient (Wildman–Crippen LogP) is 2.70. The van der Waals surface area contributed by atoms with E-state index in [0.717, 1.165) is 19.3 Å². The summed E-state index contributed by atoms with van der Waals surface area (Å²) < 4.78 is 0. The number of nitrogens with zero attached hydrogens (tertiary/aromatic N) is 2. The number of carbonyl (C=O) groups is 1. The third kappa shape index (κ3) is 2.97. The van der Waals surface area contributed by atoms with Crippen LogP contribution in [0.5, 0.6) is 0 Å². The van der Waals surface area contributed by atoms with Crippen molar-refractivity contribution < 1.29 is 9.72 Å². The molecule has 19 heavy (non-hydrogen) atoms. The van der Waals surface area contributed by atoms with Gasteiger partial charge < -0.3 is 15.0 Å². The minimum absolute atomic E-state index is 0.142. The Morgan fingerprint density at radius 2 is 2.16 bits per heavy atom. The summed E-state index contributed by atoms with van der Waals surface area (Å²) >= 11 is 3.61. The quantitative estimate of drug-likeness (QED) is 0.526. The van der Waals surface area contributed by atoms with Crippen LogP contribution in [0.4, 0.5) is 5.82 Å². The van der Waals surface area contributed by atoms with E-state index in [-0.39, 0.29) is 23.5 Å². The molecule has 0 bridgehead atoms. The number of nitro groups is 1. The molecule has 1 aromatic rings. The van der Waals surface area contributed by atoms with E-state index in [1.165, 1.54) is 18.6 Å². The van der Waals surface area contributed by atoms with Crippen molar-refractivity contribution in [2.45, 2.75) is 36.6 Å². The molecule has 7 heteroatoms. The fourth-order valence-corrected chi connectivity index (χ4v) is 3.40. The lowest BCUT2D eigenvalue weighted by atomic mass is 9.94. The van der Waals surface area contributed by atoms with Crippen molar-refractivity contribution in [3.8, 4) is 0 Å². The van der Waals surface area contributed by atoms with E-state index < -0.39 is 4.92 Å². The number of H-pyrrole nitrogens is 1. The number of aromatic nitrogens is 1. The van der Waals surface area contributed by atoms with Gasteiger partial charge in [-0.1, -0.05) is 28.8 Å². The molecule has 6 nitrogen and oxygen atoms in total. The first kappa shape index (κ1) is 14.0. The van der Waals surface area contributed by atoms with Gasteiger partial charge in [-0.25, -0.2) is 4.98 Å². The molecular weight excluding hydrogens is 314 g/mol. The number of halogens is 1. The molecule has 104 valence electrons. The van der Waals surface area contributed by atoms with Crippen LogP contribution in [0.1, 0.15) is 36.2 Å². The summed E-state index contributed by atoms with van der Waals surface area (Å²) in [6, 6.07) is 2.92. The van der Waals surface area contributed by atoms with Gasteiger partial charge in [-0.3, -0.25) is 4.79 Å². The Morgan fingerprint density at radius 1 is 1.47 bits per heavy atom. The van der Waals surface area contributed by atoms with E-state index in [9.17, 15) is 14.9 Å². The van der Waals surface area contributed by atoms with Gasteiger partial charge in [-0.05, 0) is 23.8 Å². The van der Waals surface area contributed by atoms with E-state index in [1.54, 1.807) is 11.9 Å². The number of hydrogen-bond acceptors (Lipinski definition) is 3. The molecule has 0 radical (unpaired) electrons. The van der Waals surface area contributed by atoms with Crippen LogP contribution >= 0.6 is 15.9 Å². The summed E-state index contributed by atoms with van der Waals surface area (Å²) in [5, 5.41) is 10.6. The van der Waals surface area contributed by atoms with Gasteiger partial charge in [0.25, 0.3) is 5.91 Å². The minimum Gasteiger partial charge on any atom is -0.358 e. The summed E-state index contributed by atoms with van der Waals surface area (Å²) in [6.45, 7) is 0. The van der Waals surface area contributed by atoms with Crippen LogP contribution in [0.3, 0.4) is 0 Å². The van der Waals surface area contributed by atoms with Crippen molar-refractivity contribution in [3.05, 3.63) is 27.9 Å². The highest BCUT2D eigenvalue weighted by Crippen LogP contribution is 2.28. The predicted molar refractivity (Wildman–Crippen MR) is 74.5 cm³/mol. The van der Waals surface area contributed by atoms with Crippen LogP contribution in [-0.2, 0) is 0 Å². The Bertz CT molecular complexity index is 488. The number of nitrogens with one attached hydrogen (secondary N) is 1. The third-order valence-electron chi connectivity index (χ3n) is 3.56. The van der Waals surface area contributed by atoms with Gasteiger partial charge in [0.2, 0.25) is 0 Å².